The lowest BCUT2D eigenvalue weighted by atomic mass is 9.99. The monoisotopic (exact) mass is 337 g/mol. The minimum absolute atomic E-state index is 0.0229. The molecule has 2 aromatic rings. The van der Waals surface area contributed by atoms with E-state index in [0.29, 0.717) is 25.9 Å². The van der Waals surface area contributed by atoms with Gasteiger partial charge in [0, 0.05) is 13.1 Å². The van der Waals surface area contributed by atoms with Gasteiger partial charge in [0.05, 0.1) is 7.11 Å². The molecular formula is C21H23NO3. The second kappa shape index (κ2) is 7.09. The molecule has 1 aliphatic rings. The molecule has 1 amide bonds. The van der Waals surface area contributed by atoms with E-state index in [0.717, 1.165) is 16.9 Å². The molecular weight excluding hydrogens is 314 g/mol. The first-order chi connectivity index (χ1) is 12.0. The number of rotatable bonds is 7. The van der Waals surface area contributed by atoms with E-state index in [1.54, 1.807) is 12.0 Å². The van der Waals surface area contributed by atoms with E-state index in [2.05, 4.69) is 0 Å². The summed E-state index contributed by atoms with van der Waals surface area (Å²) in [7, 11) is 1.63. The van der Waals surface area contributed by atoms with Crippen LogP contribution in [0.4, 0.5) is 0 Å². The zero-order valence-electron chi connectivity index (χ0n) is 14.7. The SMILES string of the molecule is COc1ccc(CN(Cc2ccccc2)C(=O)C2(C(C)=O)CC2)cc1. The van der Waals surface area contributed by atoms with Gasteiger partial charge in [-0.3, -0.25) is 9.59 Å². The van der Waals surface area contributed by atoms with Gasteiger partial charge < -0.3 is 9.64 Å². The van der Waals surface area contributed by atoms with Gasteiger partial charge in [-0.05, 0) is 43.0 Å². The lowest BCUT2D eigenvalue weighted by Gasteiger charge is -2.27. The van der Waals surface area contributed by atoms with Crippen molar-refractivity contribution in [2.24, 2.45) is 5.41 Å². The lowest BCUT2D eigenvalue weighted by Crippen LogP contribution is -2.39. The first kappa shape index (κ1) is 17.2. The zero-order valence-corrected chi connectivity index (χ0v) is 14.7. The molecule has 25 heavy (non-hydrogen) atoms. The van der Waals surface area contributed by atoms with Crippen LogP contribution in [0.1, 0.15) is 30.9 Å². The number of hydrogen-bond donors (Lipinski definition) is 0. The van der Waals surface area contributed by atoms with Gasteiger partial charge in [0.2, 0.25) is 5.91 Å². The Morgan fingerprint density at radius 3 is 2.00 bits per heavy atom. The summed E-state index contributed by atoms with van der Waals surface area (Å²) in [5.74, 6) is 0.706. The van der Waals surface area contributed by atoms with Gasteiger partial charge in [-0.25, -0.2) is 0 Å². The smallest absolute Gasteiger partial charge is 0.236 e. The van der Waals surface area contributed by atoms with Gasteiger partial charge in [0.25, 0.3) is 0 Å². The second-order valence-corrected chi connectivity index (χ2v) is 6.63. The third-order valence-electron chi connectivity index (χ3n) is 4.87. The summed E-state index contributed by atoms with van der Waals surface area (Å²) in [6.07, 6.45) is 1.32. The molecule has 0 spiro atoms. The van der Waals surface area contributed by atoms with Crippen molar-refractivity contribution in [1.82, 2.24) is 4.90 Å². The number of carbonyl (C=O) groups excluding carboxylic acids is 2. The average Bonchev–Trinajstić information content (AvgIpc) is 3.44. The maximum Gasteiger partial charge on any atom is 0.236 e. The molecule has 130 valence electrons. The molecule has 1 aliphatic carbocycles. The third kappa shape index (κ3) is 3.73. The van der Waals surface area contributed by atoms with Crippen LogP contribution in [0.2, 0.25) is 0 Å². The summed E-state index contributed by atoms with van der Waals surface area (Å²) in [5, 5.41) is 0. The first-order valence-electron chi connectivity index (χ1n) is 8.52. The maximum atomic E-state index is 13.1. The minimum Gasteiger partial charge on any atom is -0.497 e. The van der Waals surface area contributed by atoms with Crippen molar-refractivity contribution in [3.8, 4) is 5.75 Å². The Morgan fingerprint density at radius 2 is 1.52 bits per heavy atom. The highest BCUT2D eigenvalue weighted by atomic mass is 16.5. The van der Waals surface area contributed by atoms with Crippen molar-refractivity contribution in [2.75, 3.05) is 7.11 Å². The van der Waals surface area contributed by atoms with Crippen LogP contribution < -0.4 is 4.74 Å². The van der Waals surface area contributed by atoms with Crippen LogP contribution in [-0.4, -0.2) is 23.7 Å². The Hall–Kier alpha value is -2.62. The van der Waals surface area contributed by atoms with Gasteiger partial charge >= 0.3 is 0 Å². The number of Topliss-reactive ketones (excluding diaryl/α,β-unsaturated/α-hetero) is 1. The first-order valence-corrected chi connectivity index (χ1v) is 8.52. The number of amides is 1. The largest absolute Gasteiger partial charge is 0.497 e. The predicted octanol–water partition coefficient (Wildman–Crippen LogP) is 3.59. The van der Waals surface area contributed by atoms with Gasteiger partial charge in [-0.2, -0.15) is 0 Å². The van der Waals surface area contributed by atoms with Gasteiger partial charge in [0.1, 0.15) is 16.9 Å². The highest BCUT2D eigenvalue weighted by molar-refractivity contribution is 6.07. The summed E-state index contributed by atoms with van der Waals surface area (Å²) >= 11 is 0. The number of ketones is 1. The molecule has 4 nitrogen and oxygen atoms in total. The van der Waals surface area contributed by atoms with E-state index in [1.165, 1.54) is 6.92 Å². The quantitative estimate of drug-likeness (QED) is 0.725. The van der Waals surface area contributed by atoms with E-state index in [4.69, 9.17) is 4.74 Å². The Balaban J connectivity index is 1.83. The Labute approximate surface area is 148 Å². The van der Waals surface area contributed by atoms with E-state index in [1.807, 2.05) is 54.6 Å². The summed E-state index contributed by atoms with van der Waals surface area (Å²) in [5.41, 5.74) is 1.29. The van der Waals surface area contributed by atoms with Crippen molar-refractivity contribution in [3.63, 3.8) is 0 Å². The van der Waals surface area contributed by atoms with Gasteiger partial charge in [-0.1, -0.05) is 42.5 Å². The number of ether oxygens (including phenoxy) is 1. The number of hydrogen-bond acceptors (Lipinski definition) is 3. The summed E-state index contributed by atoms with van der Waals surface area (Å²) < 4.78 is 5.19. The Bertz CT molecular complexity index is 748. The average molecular weight is 337 g/mol. The van der Waals surface area contributed by atoms with Crippen molar-refractivity contribution >= 4 is 11.7 Å². The van der Waals surface area contributed by atoms with Crippen molar-refractivity contribution in [1.29, 1.82) is 0 Å². The molecule has 1 fully saturated rings. The second-order valence-electron chi connectivity index (χ2n) is 6.63. The van der Waals surface area contributed by atoms with Gasteiger partial charge in [-0.15, -0.1) is 0 Å². The molecule has 0 N–H and O–H groups in total. The Morgan fingerprint density at radius 1 is 0.960 bits per heavy atom. The molecule has 1 saturated carbocycles. The Kier molecular flexibility index (Phi) is 4.88. The fourth-order valence-corrected chi connectivity index (χ4v) is 3.10. The number of benzene rings is 2. The normalized spacial score (nSPS) is 14.6. The van der Waals surface area contributed by atoms with Crippen molar-refractivity contribution in [2.45, 2.75) is 32.9 Å². The number of carbonyl (C=O) groups is 2. The van der Waals surface area contributed by atoms with E-state index < -0.39 is 5.41 Å². The van der Waals surface area contributed by atoms with Crippen LogP contribution in [0, 0.1) is 5.41 Å². The molecule has 0 atom stereocenters. The standard InChI is InChI=1S/C21H23NO3/c1-16(23)21(12-13-21)20(24)22(14-17-6-4-3-5-7-17)15-18-8-10-19(25-2)11-9-18/h3-11H,12-15H2,1-2H3. The molecule has 0 heterocycles. The van der Waals surface area contributed by atoms with Crippen molar-refractivity contribution < 1.29 is 14.3 Å². The van der Waals surface area contributed by atoms with E-state index >= 15 is 0 Å². The molecule has 0 saturated heterocycles. The fraction of sp³-hybridized carbons (Fsp3) is 0.333. The van der Waals surface area contributed by atoms with Crippen LogP contribution in [0.15, 0.2) is 54.6 Å². The van der Waals surface area contributed by atoms with Crippen LogP contribution in [-0.2, 0) is 22.7 Å². The highest BCUT2D eigenvalue weighted by Gasteiger charge is 2.55. The fourth-order valence-electron chi connectivity index (χ4n) is 3.10. The highest BCUT2D eigenvalue weighted by Crippen LogP contribution is 2.48. The lowest BCUT2D eigenvalue weighted by molar-refractivity contribution is -0.143. The molecule has 0 aromatic heterocycles. The predicted molar refractivity (Wildman–Crippen MR) is 96.0 cm³/mol. The van der Waals surface area contributed by atoms with Crippen LogP contribution >= 0.6 is 0 Å². The van der Waals surface area contributed by atoms with Crippen LogP contribution in [0.5, 0.6) is 5.75 Å². The molecule has 0 aliphatic heterocycles. The molecule has 0 radical (unpaired) electrons. The molecule has 0 bridgehead atoms. The minimum atomic E-state index is -0.790. The molecule has 2 aromatic carbocycles. The summed E-state index contributed by atoms with van der Waals surface area (Å²) in [6, 6.07) is 17.6. The van der Waals surface area contributed by atoms with Crippen LogP contribution in [0.3, 0.4) is 0 Å². The van der Waals surface area contributed by atoms with E-state index in [-0.39, 0.29) is 11.7 Å². The zero-order chi connectivity index (χ0) is 17.9. The maximum absolute atomic E-state index is 13.1. The molecule has 0 unspecified atom stereocenters. The van der Waals surface area contributed by atoms with Crippen molar-refractivity contribution in [3.05, 3.63) is 65.7 Å². The van der Waals surface area contributed by atoms with Gasteiger partial charge in [0.15, 0.2) is 0 Å². The number of nitrogens with zero attached hydrogens (tertiary/aromatic N) is 1. The summed E-state index contributed by atoms with van der Waals surface area (Å²) in [4.78, 5) is 26.9. The topological polar surface area (TPSA) is 46.6 Å². The third-order valence-corrected chi connectivity index (χ3v) is 4.87. The molecule has 3 rings (SSSR count). The van der Waals surface area contributed by atoms with E-state index in [9.17, 15) is 9.59 Å². The molecule has 4 heteroatoms. The summed E-state index contributed by atoms with van der Waals surface area (Å²) in [6.45, 7) is 2.51. The van der Waals surface area contributed by atoms with Crippen LogP contribution in [0.25, 0.3) is 0 Å². The number of methoxy groups -OCH3 is 1.